The smallest absolute Gasteiger partial charge is 0.330 e. The average Bonchev–Trinajstić information content (AvgIpc) is 2.92. The van der Waals surface area contributed by atoms with Crippen LogP contribution in [0.3, 0.4) is 0 Å². The Hall–Kier alpha value is -1.50. The molecule has 0 spiro atoms. The number of aromatic nitrogens is 2. The molecule has 8 heteroatoms. The predicted molar refractivity (Wildman–Crippen MR) is 81.6 cm³/mol. The van der Waals surface area contributed by atoms with Crippen molar-refractivity contribution < 1.29 is 13.9 Å². The van der Waals surface area contributed by atoms with E-state index in [-0.39, 0.29) is 0 Å². The van der Waals surface area contributed by atoms with Crippen molar-refractivity contribution in [1.29, 1.82) is 0 Å². The topological polar surface area (TPSA) is 65.2 Å². The summed E-state index contributed by atoms with van der Waals surface area (Å²) in [6.45, 7) is 0. The summed E-state index contributed by atoms with van der Waals surface area (Å²) in [6, 6.07) is 5.01. The third-order valence-corrected chi connectivity index (χ3v) is 3.65. The van der Waals surface area contributed by atoms with Crippen LogP contribution in [0.1, 0.15) is 0 Å². The van der Waals surface area contributed by atoms with E-state index >= 15 is 0 Å². The van der Waals surface area contributed by atoms with Crippen LogP contribution < -0.4 is 0 Å². The first-order chi connectivity index (χ1) is 10.1. The highest BCUT2D eigenvalue weighted by molar-refractivity contribution is 7.99. The van der Waals surface area contributed by atoms with Crippen molar-refractivity contribution >= 4 is 40.9 Å². The van der Waals surface area contributed by atoms with Crippen LogP contribution in [0.25, 0.3) is 11.5 Å². The van der Waals surface area contributed by atoms with Crippen molar-refractivity contribution in [1.82, 2.24) is 10.2 Å². The molecule has 0 radical (unpaired) electrons. The summed E-state index contributed by atoms with van der Waals surface area (Å²) < 4.78 is 9.96. The zero-order chi connectivity index (χ0) is 15.2. The number of nitrogens with zero attached hydrogens (tertiary/aromatic N) is 2. The minimum atomic E-state index is -0.408. The molecule has 1 aromatic carbocycles. The number of hydrogen-bond donors (Lipinski definition) is 0. The molecule has 110 valence electrons. The molecule has 0 aliphatic rings. The number of carbonyl (C=O) groups is 1. The monoisotopic (exact) mass is 344 g/mol. The molecule has 0 bridgehead atoms. The maximum absolute atomic E-state index is 10.9. The van der Waals surface area contributed by atoms with Crippen molar-refractivity contribution in [2.75, 3.05) is 12.9 Å². The quantitative estimate of drug-likeness (QED) is 0.466. The number of hydrogen-bond acceptors (Lipinski definition) is 6. The van der Waals surface area contributed by atoms with Gasteiger partial charge in [-0.1, -0.05) is 41.0 Å². The molecule has 0 unspecified atom stereocenters. The van der Waals surface area contributed by atoms with Gasteiger partial charge in [0.05, 0.1) is 17.7 Å². The molecule has 2 aromatic rings. The Bertz CT molecular complexity index is 673. The van der Waals surface area contributed by atoms with Gasteiger partial charge in [-0.25, -0.2) is 4.79 Å². The van der Waals surface area contributed by atoms with Crippen LogP contribution in [0.15, 0.2) is 40.0 Å². The molecule has 0 amide bonds. The lowest BCUT2D eigenvalue weighted by Crippen LogP contribution is -1.93. The summed E-state index contributed by atoms with van der Waals surface area (Å²) in [5.74, 6) is 0.413. The number of benzene rings is 1. The Morgan fingerprint density at radius 1 is 1.43 bits per heavy atom. The number of esters is 1. The fourth-order valence-corrected chi connectivity index (χ4v) is 2.43. The van der Waals surface area contributed by atoms with Crippen LogP contribution >= 0.6 is 35.0 Å². The second kappa shape index (κ2) is 7.49. The van der Waals surface area contributed by atoms with E-state index in [1.165, 1.54) is 24.9 Å². The van der Waals surface area contributed by atoms with Gasteiger partial charge in [-0.2, -0.15) is 0 Å². The van der Waals surface area contributed by atoms with Crippen molar-refractivity contribution in [3.8, 4) is 11.5 Å². The lowest BCUT2D eigenvalue weighted by molar-refractivity contribution is -0.134. The van der Waals surface area contributed by atoms with Gasteiger partial charge < -0.3 is 9.15 Å². The highest BCUT2D eigenvalue weighted by Gasteiger charge is 2.12. The summed E-state index contributed by atoms with van der Waals surface area (Å²) in [6.07, 6.45) is 2.98. The van der Waals surface area contributed by atoms with Crippen molar-refractivity contribution in [3.63, 3.8) is 0 Å². The minimum Gasteiger partial charge on any atom is -0.466 e. The molecule has 0 aliphatic carbocycles. The lowest BCUT2D eigenvalue weighted by atomic mass is 10.2. The molecule has 1 aromatic heterocycles. The third kappa shape index (κ3) is 4.49. The van der Waals surface area contributed by atoms with Gasteiger partial charge in [0.25, 0.3) is 5.22 Å². The van der Waals surface area contributed by atoms with E-state index < -0.39 is 5.97 Å². The van der Waals surface area contributed by atoms with Crippen molar-refractivity contribution in [2.45, 2.75) is 5.22 Å². The third-order valence-electron chi connectivity index (χ3n) is 2.33. The molecule has 1 heterocycles. The molecule has 0 aliphatic heterocycles. The van der Waals surface area contributed by atoms with Gasteiger partial charge in [0.15, 0.2) is 0 Å². The van der Waals surface area contributed by atoms with Gasteiger partial charge in [0.1, 0.15) is 0 Å². The zero-order valence-electron chi connectivity index (χ0n) is 10.9. The fourth-order valence-electron chi connectivity index (χ4n) is 1.37. The minimum absolute atomic E-state index is 0.316. The number of ether oxygens (including phenoxy) is 1. The highest BCUT2D eigenvalue weighted by atomic mass is 35.5. The Balaban J connectivity index is 2.01. The first-order valence-electron chi connectivity index (χ1n) is 5.76. The molecule has 0 N–H and O–H groups in total. The van der Waals surface area contributed by atoms with E-state index in [1.807, 2.05) is 0 Å². The summed E-state index contributed by atoms with van der Waals surface area (Å²) in [5.41, 5.74) is 0.616. The Kier molecular flexibility index (Phi) is 5.67. The number of rotatable bonds is 5. The number of methoxy groups -OCH3 is 1. The van der Waals surface area contributed by atoms with Crippen molar-refractivity contribution in [2.24, 2.45) is 0 Å². The van der Waals surface area contributed by atoms with Gasteiger partial charge >= 0.3 is 5.97 Å². The molecule has 0 atom stereocenters. The van der Waals surface area contributed by atoms with Crippen LogP contribution in [0.5, 0.6) is 0 Å². The summed E-state index contributed by atoms with van der Waals surface area (Å²) in [7, 11) is 1.32. The second-order valence-corrected chi connectivity index (χ2v) is 5.55. The average molecular weight is 345 g/mol. The standard InChI is InChI=1S/C13H10Cl2N2O3S/c1-19-11(18)3-2-6-21-13-17-16-12(20-13)9-5-4-8(14)7-10(9)15/h2-5,7H,6H2,1H3/b3-2+. The van der Waals surface area contributed by atoms with Crippen LogP contribution in [-0.2, 0) is 9.53 Å². The Labute approximate surface area is 135 Å². The van der Waals surface area contributed by atoms with Crippen LogP contribution in [-0.4, -0.2) is 29.0 Å². The van der Waals surface area contributed by atoms with Gasteiger partial charge in [-0.15, -0.1) is 10.2 Å². The highest BCUT2D eigenvalue weighted by Crippen LogP contribution is 2.30. The van der Waals surface area contributed by atoms with Gasteiger partial charge in [-0.05, 0) is 18.2 Å². The van der Waals surface area contributed by atoms with Crippen LogP contribution in [0, 0.1) is 0 Å². The molecule has 0 saturated carbocycles. The first kappa shape index (κ1) is 15.9. The summed E-state index contributed by atoms with van der Waals surface area (Å²) >= 11 is 13.2. The predicted octanol–water partition coefficient (Wildman–Crippen LogP) is 3.86. The maximum Gasteiger partial charge on any atom is 0.330 e. The van der Waals surface area contributed by atoms with Crippen molar-refractivity contribution in [3.05, 3.63) is 40.4 Å². The van der Waals surface area contributed by atoms with Gasteiger partial charge in [0.2, 0.25) is 5.89 Å². The summed E-state index contributed by atoms with van der Waals surface area (Å²) in [4.78, 5) is 10.9. The number of thioether (sulfide) groups is 1. The van der Waals surface area contributed by atoms with E-state index in [9.17, 15) is 4.79 Å². The molecular weight excluding hydrogens is 335 g/mol. The largest absolute Gasteiger partial charge is 0.466 e. The van der Waals surface area contributed by atoms with Gasteiger partial charge in [0, 0.05) is 16.9 Å². The zero-order valence-corrected chi connectivity index (χ0v) is 13.2. The van der Waals surface area contributed by atoms with Crippen LogP contribution in [0.4, 0.5) is 0 Å². The SMILES string of the molecule is COC(=O)/C=C/CSc1nnc(-c2ccc(Cl)cc2Cl)o1. The fraction of sp³-hybridized carbons (Fsp3) is 0.154. The molecule has 5 nitrogen and oxygen atoms in total. The molecule has 0 fully saturated rings. The molecular formula is C13H10Cl2N2O3S. The maximum atomic E-state index is 10.9. The first-order valence-corrected chi connectivity index (χ1v) is 7.50. The van der Waals surface area contributed by atoms with E-state index in [0.29, 0.717) is 32.5 Å². The number of halogens is 2. The van der Waals surface area contributed by atoms with Gasteiger partial charge in [-0.3, -0.25) is 0 Å². The lowest BCUT2D eigenvalue weighted by Gasteiger charge is -1.98. The van der Waals surface area contributed by atoms with E-state index in [4.69, 9.17) is 27.6 Å². The summed E-state index contributed by atoms with van der Waals surface area (Å²) in [5, 5.41) is 9.18. The van der Waals surface area contributed by atoms with E-state index in [0.717, 1.165) is 0 Å². The Morgan fingerprint density at radius 3 is 2.95 bits per heavy atom. The Morgan fingerprint density at radius 2 is 2.24 bits per heavy atom. The molecule has 2 rings (SSSR count). The molecule has 0 saturated heterocycles. The van der Waals surface area contributed by atoms with E-state index in [2.05, 4.69) is 14.9 Å². The van der Waals surface area contributed by atoms with E-state index in [1.54, 1.807) is 24.3 Å². The number of carbonyl (C=O) groups excluding carboxylic acids is 1. The van der Waals surface area contributed by atoms with Crippen LogP contribution in [0.2, 0.25) is 10.0 Å². The molecule has 21 heavy (non-hydrogen) atoms. The normalized spacial score (nSPS) is 11.0. The second-order valence-electron chi connectivity index (χ2n) is 3.73.